The lowest BCUT2D eigenvalue weighted by Gasteiger charge is -2.38. The van der Waals surface area contributed by atoms with E-state index in [1.165, 1.54) is 0 Å². The second kappa shape index (κ2) is 8.05. The first-order valence-electron chi connectivity index (χ1n) is 8.31. The number of carbonyl (C=O) groups is 1. The van der Waals surface area contributed by atoms with Crippen molar-refractivity contribution in [3.63, 3.8) is 0 Å². The molecule has 0 aliphatic carbocycles. The van der Waals surface area contributed by atoms with Crippen LogP contribution in [0.5, 0.6) is 0 Å². The molecule has 1 aliphatic heterocycles. The summed E-state index contributed by atoms with van der Waals surface area (Å²) in [6, 6.07) is -0.260. The second-order valence-electron chi connectivity index (χ2n) is 8.02. The smallest absolute Gasteiger partial charge is 0.412 e. The van der Waals surface area contributed by atoms with E-state index in [0.29, 0.717) is 6.61 Å². The topological polar surface area (TPSA) is 82.1 Å². The largest absolute Gasteiger partial charge is 0.444 e. The van der Waals surface area contributed by atoms with Crippen molar-refractivity contribution in [3.05, 3.63) is 12.2 Å². The van der Waals surface area contributed by atoms with Gasteiger partial charge in [0, 0.05) is 5.92 Å². The predicted molar refractivity (Wildman–Crippen MR) is 95.6 cm³/mol. The van der Waals surface area contributed by atoms with E-state index in [1.807, 2.05) is 53.7 Å². The van der Waals surface area contributed by atoms with Crippen molar-refractivity contribution in [2.75, 3.05) is 26.2 Å². The number of hydrogen-bond acceptors (Lipinski definition) is 6. The maximum atomic E-state index is 12.5. The number of rotatable bonds is 6. The standard InChI is InChI=1S/C17H31NO6S/c1-8-9-13(17(5,6)11-23-25(7,20)21)14-10-22-12-18(14)15(19)24-16(2,3)4/h8-9,13-14H,10-12H2,1-7H3/t13-,14?/m1/s1. The summed E-state index contributed by atoms with van der Waals surface area (Å²) in [4.78, 5) is 14.1. The summed E-state index contributed by atoms with van der Waals surface area (Å²) in [5.74, 6) is -0.158. The number of allylic oxidation sites excluding steroid dienone is 1. The molecule has 0 radical (unpaired) electrons. The van der Waals surface area contributed by atoms with Gasteiger partial charge in [-0.05, 0) is 33.1 Å². The van der Waals surface area contributed by atoms with Crippen LogP contribution in [0.25, 0.3) is 0 Å². The molecule has 1 rings (SSSR count). The Morgan fingerprint density at radius 3 is 2.40 bits per heavy atom. The SMILES string of the molecule is CC=C[C@H](C1COCN1C(=O)OC(C)(C)C)C(C)(C)COS(C)(=O)=O. The van der Waals surface area contributed by atoms with Crippen LogP contribution < -0.4 is 0 Å². The summed E-state index contributed by atoms with van der Waals surface area (Å²) in [5.41, 5.74) is -1.14. The fourth-order valence-electron chi connectivity index (χ4n) is 2.74. The number of amides is 1. The van der Waals surface area contributed by atoms with E-state index in [9.17, 15) is 13.2 Å². The Hall–Kier alpha value is -1.12. The van der Waals surface area contributed by atoms with Crippen molar-refractivity contribution in [2.45, 2.75) is 53.2 Å². The van der Waals surface area contributed by atoms with Gasteiger partial charge >= 0.3 is 6.09 Å². The molecule has 8 heteroatoms. The first-order valence-corrected chi connectivity index (χ1v) is 10.1. The minimum absolute atomic E-state index is 0.0134. The third-order valence-electron chi connectivity index (χ3n) is 3.91. The van der Waals surface area contributed by atoms with Crippen molar-refractivity contribution < 1.29 is 26.9 Å². The zero-order valence-electron chi connectivity index (χ0n) is 16.2. The van der Waals surface area contributed by atoms with E-state index in [4.69, 9.17) is 13.7 Å². The van der Waals surface area contributed by atoms with Crippen molar-refractivity contribution in [1.29, 1.82) is 0 Å². The van der Waals surface area contributed by atoms with E-state index >= 15 is 0 Å². The van der Waals surface area contributed by atoms with Crippen molar-refractivity contribution in [2.24, 2.45) is 11.3 Å². The number of hydrogen-bond donors (Lipinski definition) is 0. The van der Waals surface area contributed by atoms with Gasteiger partial charge in [-0.2, -0.15) is 8.42 Å². The van der Waals surface area contributed by atoms with Crippen LogP contribution in [0.4, 0.5) is 4.79 Å². The lowest BCUT2D eigenvalue weighted by molar-refractivity contribution is 0.00682. The Morgan fingerprint density at radius 2 is 1.92 bits per heavy atom. The Morgan fingerprint density at radius 1 is 1.32 bits per heavy atom. The van der Waals surface area contributed by atoms with Gasteiger partial charge in [-0.3, -0.25) is 9.08 Å². The minimum atomic E-state index is -3.54. The molecule has 1 heterocycles. The van der Waals surface area contributed by atoms with Crippen molar-refractivity contribution in [3.8, 4) is 0 Å². The fourth-order valence-corrected chi connectivity index (χ4v) is 3.25. The number of nitrogens with zero attached hydrogens (tertiary/aromatic N) is 1. The summed E-state index contributed by atoms with van der Waals surface area (Å²) in [5, 5.41) is 0. The third kappa shape index (κ3) is 6.95. The molecule has 0 saturated carbocycles. The van der Waals surface area contributed by atoms with Gasteiger partial charge < -0.3 is 9.47 Å². The molecule has 1 saturated heterocycles. The Bertz CT molecular complexity index is 591. The quantitative estimate of drug-likeness (QED) is 0.523. The monoisotopic (exact) mass is 377 g/mol. The molecule has 1 unspecified atom stereocenters. The molecule has 25 heavy (non-hydrogen) atoms. The zero-order valence-corrected chi connectivity index (χ0v) is 17.1. The molecule has 1 amide bonds. The Balaban J connectivity index is 3.01. The molecule has 146 valence electrons. The van der Waals surface area contributed by atoms with E-state index in [2.05, 4.69) is 0 Å². The highest BCUT2D eigenvalue weighted by molar-refractivity contribution is 7.85. The fraction of sp³-hybridized carbons (Fsp3) is 0.824. The molecule has 0 aromatic heterocycles. The van der Waals surface area contributed by atoms with Crippen LogP contribution in [-0.2, 0) is 23.8 Å². The van der Waals surface area contributed by atoms with Gasteiger partial charge in [-0.1, -0.05) is 26.0 Å². The molecule has 0 aromatic rings. The minimum Gasteiger partial charge on any atom is -0.444 e. The van der Waals surface area contributed by atoms with Crippen molar-refractivity contribution >= 4 is 16.2 Å². The molecule has 2 atom stereocenters. The first kappa shape index (κ1) is 21.9. The van der Waals surface area contributed by atoms with Gasteiger partial charge in [0.1, 0.15) is 12.3 Å². The Labute approximate surface area is 151 Å². The van der Waals surface area contributed by atoms with Crippen LogP contribution in [-0.4, -0.2) is 57.3 Å². The normalized spacial score (nSPS) is 20.9. The Kier molecular flexibility index (Phi) is 7.06. The van der Waals surface area contributed by atoms with E-state index in [-0.39, 0.29) is 25.3 Å². The van der Waals surface area contributed by atoms with Gasteiger partial charge in [-0.15, -0.1) is 0 Å². The van der Waals surface area contributed by atoms with Crippen LogP contribution in [0.2, 0.25) is 0 Å². The maximum Gasteiger partial charge on any atom is 0.412 e. The molecule has 0 aromatic carbocycles. The molecule has 7 nitrogen and oxygen atoms in total. The third-order valence-corrected chi connectivity index (χ3v) is 4.46. The van der Waals surface area contributed by atoms with Crippen LogP contribution in [0.15, 0.2) is 12.2 Å². The van der Waals surface area contributed by atoms with Crippen LogP contribution in [0.3, 0.4) is 0 Å². The van der Waals surface area contributed by atoms with E-state index in [1.54, 1.807) is 4.90 Å². The molecule has 0 bridgehead atoms. The molecule has 0 N–H and O–H groups in total. The number of carbonyl (C=O) groups excluding carboxylic acids is 1. The van der Waals surface area contributed by atoms with Gasteiger partial charge in [0.15, 0.2) is 0 Å². The molecule has 1 fully saturated rings. The van der Waals surface area contributed by atoms with Crippen LogP contribution >= 0.6 is 0 Å². The average molecular weight is 378 g/mol. The summed E-state index contributed by atoms with van der Waals surface area (Å²) >= 11 is 0. The molecular formula is C17H31NO6S. The van der Waals surface area contributed by atoms with Gasteiger partial charge in [0.25, 0.3) is 10.1 Å². The van der Waals surface area contributed by atoms with Gasteiger partial charge in [0.2, 0.25) is 0 Å². The first-order chi connectivity index (χ1) is 11.3. The number of ether oxygens (including phenoxy) is 2. The van der Waals surface area contributed by atoms with Crippen molar-refractivity contribution in [1.82, 2.24) is 4.90 Å². The summed E-state index contributed by atoms with van der Waals surface area (Å²) in [6.07, 6.45) is 4.43. The lowest BCUT2D eigenvalue weighted by Crippen LogP contribution is -2.48. The van der Waals surface area contributed by atoms with Gasteiger partial charge in [0.05, 0.1) is 25.5 Å². The maximum absolute atomic E-state index is 12.5. The predicted octanol–water partition coefficient (Wildman–Crippen LogP) is 2.77. The zero-order chi connectivity index (χ0) is 19.5. The highest BCUT2D eigenvalue weighted by Crippen LogP contribution is 2.36. The molecule has 0 spiro atoms. The molecule has 1 aliphatic rings. The molecular weight excluding hydrogens is 346 g/mol. The highest BCUT2D eigenvalue weighted by atomic mass is 32.2. The average Bonchev–Trinajstić information content (AvgIpc) is 2.89. The summed E-state index contributed by atoms with van der Waals surface area (Å²) in [7, 11) is -3.54. The van der Waals surface area contributed by atoms with Crippen LogP contribution in [0.1, 0.15) is 41.5 Å². The van der Waals surface area contributed by atoms with E-state index in [0.717, 1.165) is 6.26 Å². The van der Waals surface area contributed by atoms with E-state index < -0.39 is 27.2 Å². The highest BCUT2D eigenvalue weighted by Gasteiger charge is 2.43. The summed E-state index contributed by atoms with van der Waals surface area (Å²) in [6.45, 7) is 11.7. The lowest BCUT2D eigenvalue weighted by atomic mass is 9.75. The summed E-state index contributed by atoms with van der Waals surface area (Å²) < 4.78 is 38.7. The van der Waals surface area contributed by atoms with Gasteiger partial charge in [-0.25, -0.2) is 4.79 Å². The van der Waals surface area contributed by atoms with Crippen LogP contribution in [0, 0.1) is 11.3 Å². The second-order valence-corrected chi connectivity index (χ2v) is 9.67.